The highest BCUT2D eigenvalue weighted by Gasteiger charge is 2.48. The second kappa shape index (κ2) is 6.75. The van der Waals surface area contributed by atoms with E-state index in [0.29, 0.717) is 18.4 Å². The third-order valence-corrected chi connectivity index (χ3v) is 6.80. The monoisotopic (exact) mass is 344 g/mol. The van der Waals surface area contributed by atoms with E-state index >= 15 is 0 Å². The van der Waals surface area contributed by atoms with Gasteiger partial charge < -0.3 is 9.84 Å². The number of ether oxygens (including phenoxy) is 1. The summed E-state index contributed by atoms with van der Waals surface area (Å²) < 4.78 is 5.45. The molecule has 138 valence electrons. The zero-order valence-corrected chi connectivity index (χ0v) is 16.0. The Balaban J connectivity index is 1.63. The Labute approximate surface area is 151 Å². The Bertz CT molecular complexity index is 615. The van der Waals surface area contributed by atoms with Crippen LogP contribution in [0.1, 0.15) is 70.9 Å². The summed E-state index contributed by atoms with van der Waals surface area (Å²) in [6, 6.07) is 7.95. The number of rotatable bonds is 6. The molecule has 0 spiro atoms. The fourth-order valence-corrected chi connectivity index (χ4v) is 4.57. The Morgan fingerprint density at radius 1 is 1.16 bits per heavy atom. The largest absolute Gasteiger partial charge is 0.460 e. The molecule has 2 saturated carbocycles. The fourth-order valence-electron chi connectivity index (χ4n) is 4.57. The minimum Gasteiger partial charge on any atom is -0.460 e. The average Bonchev–Trinajstić information content (AvgIpc) is 3.23. The lowest BCUT2D eigenvalue weighted by molar-refractivity contribution is -0.155. The van der Waals surface area contributed by atoms with Gasteiger partial charge in [0.25, 0.3) is 0 Å². The molecule has 3 rings (SSSR count). The maximum absolute atomic E-state index is 12.1. The first-order valence-corrected chi connectivity index (χ1v) is 9.73. The van der Waals surface area contributed by atoms with Crippen molar-refractivity contribution >= 4 is 5.97 Å². The number of hydrogen-bond donors (Lipinski definition) is 1. The Kier molecular flexibility index (Phi) is 4.98. The summed E-state index contributed by atoms with van der Waals surface area (Å²) >= 11 is 0. The summed E-state index contributed by atoms with van der Waals surface area (Å²) in [6.45, 7) is 8.07. The summed E-state index contributed by atoms with van der Waals surface area (Å²) in [7, 11) is 0. The van der Waals surface area contributed by atoms with Gasteiger partial charge in [-0.2, -0.15) is 0 Å². The number of fused-ring (bicyclic) bond motifs is 2. The van der Waals surface area contributed by atoms with Crippen LogP contribution < -0.4 is 0 Å². The highest BCUT2D eigenvalue weighted by Crippen LogP contribution is 2.54. The maximum Gasteiger partial charge on any atom is 0.311 e. The van der Waals surface area contributed by atoms with Crippen molar-refractivity contribution in [3.05, 3.63) is 35.4 Å². The first kappa shape index (κ1) is 18.4. The van der Waals surface area contributed by atoms with Crippen molar-refractivity contribution in [2.45, 2.75) is 72.0 Å². The van der Waals surface area contributed by atoms with Crippen LogP contribution in [-0.4, -0.2) is 11.1 Å². The molecule has 0 heterocycles. The standard InChI is InChI=1S/C22H32O3/c1-5-21(2,3)20(23)25-14-15-7-10-18(11-8-15)22(4,24)19-13-16-6-9-17(19)12-16/h7-8,10-11,16-17,19,24H,5-6,9,12-14H2,1-4H3. The minimum atomic E-state index is -0.765. The Hall–Kier alpha value is -1.35. The predicted molar refractivity (Wildman–Crippen MR) is 98.8 cm³/mol. The molecule has 1 aromatic rings. The Morgan fingerprint density at radius 2 is 1.84 bits per heavy atom. The van der Waals surface area contributed by atoms with E-state index in [1.807, 2.05) is 52.0 Å². The van der Waals surface area contributed by atoms with E-state index in [1.54, 1.807) is 0 Å². The first-order chi connectivity index (χ1) is 11.7. The smallest absolute Gasteiger partial charge is 0.311 e. The number of aliphatic hydroxyl groups is 1. The topological polar surface area (TPSA) is 46.5 Å². The Morgan fingerprint density at radius 3 is 2.36 bits per heavy atom. The van der Waals surface area contributed by atoms with E-state index in [1.165, 1.54) is 19.3 Å². The van der Waals surface area contributed by atoms with Crippen LogP contribution in [0.4, 0.5) is 0 Å². The van der Waals surface area contributed by atoms with Crippen LogP contribution in [0.5, 0.6) is 0 Å². The molecule has 2 fully saturated rings. The maximum atomic E-state index is 12.1. The van der Waals surface area contributed by atoms with Crippen molar-refractivity contribution < 1.29 is 14.6 Å². The zero-order chi connectivity index (χ0) is 18.2. The fraction of sp³-hybridized carbons (Fsp3) is 0.682. The van der Waals surface area contributed by atoms with Gasteiger partial charge in [0.2, 0.25) is 0 Å². The van der Waals surface area contributed by atoms with Gasteiger partial charge in [0.1, 0.15) is 6.61 Å². The molecule has 2 bridgehead atoms. The number of esters is 1. The van der Waals surface area contributed by atoms with Gasteiger partial charge in [0.05, 0.1) is 11.0 Å². The second-order valence-corrected chi connectivity index (χ2v) is 8.94. The molecule has 0 saturated heterocycles. The number of carbonyl (C=O) groups is 1. The third kappa shape index (κ3) is 3.62. The van der Waals surface area contributed by atoms with Crippen molar-refractivity contribution in [1.29, 1.82) is 0 Å². The summed E-state index contributed by atoms with van der Waals surface area (Å²) in [5.74, 6) is 1.72. The van der Waals surface area contributed by atoms with Crippen LogP contribution in [-0.2, 0) is 21.7 Å². The molecule has 0 aromatic heterocycles. The van der Waals surface area contributed by atoms with Crippen molar-refractivity contribution in [2.75, 3.05) is 0 Å². The third-order valence-electron chi connectivity index (χ3n) is 6.80. The van der Waals surface area contributed by atoms with Crippen LogP contribution in [0.25, 0.3) is 0 Å². The minimum absolute atomic E-state index is 0.159. The summed E-state index contributed by atoms with van der Waals surface area (Å²) in [5.41, 5.74) is 0.742. The molecular formula is C22H32O3. The number of benzene rings is 1. The van der Waals surface area contributed by atoms with Crippen LogP contribution in [0.15, 0.2) is 24.3 Å². The lowest BCUT2D eigenvalue weighted by Gasteiger charge is -2.36. The van der Waals surface area contributed by atoms with Gasteiger partial charge in [-0.05, 0) is 75.3 Å². The molecule has 25 heavy (non-hydrogen) atoms. The molecule has 0 aliphatic heterocycles. The number of carbonyl (C=O) groups excluding carboxylic acids is 1. The molecule has 0 amide bonds. The van der Waals surface area contributed by atoms with E-state index in [4.69, 9.17) is 4.74 Å². The molecule has 3 nitrogen and oxygen atoms in total. The summed E-state index contributed by atoms with van der Waals surface area (Å²) in [4.78, 5) is 12.1. The highest BCUT2D eigenvalue weighted by molar-refractivity contribution is 5.75. The van der Waals surface area contributed by atoms with Crippen LogP contribution in [0.3, 0.4) is 0 Å². The van der Waals surface area contributed by atoms with E-state index in [9.17, 15) is 9.90 Å². The zero-order valence-electron chi connectivity index (χ0n) is 16.0. The van der Waals surface area contributed by atoms with E-state index < -0.39 is 11.0 Å². The molecule has 4 atom stereocenters. The average molecular weight is 344 g/mol. The van der Waals surface area contributed by atoms with Crippen molar-refractivity contribution in [3.8, 4) is 0 Å². The molecule has 0 radical (unpaired) electrons. The van der Waals surface area contributed by atoms with Gasteiger partial charge in [0, 0.05) is 0 Å². The lowest BCUT2D eigenvalue weighted by Crippen LogP contribution is -2.35. The van der Waals surface area contributed by atoms with Gasteiger partial charge in [0.15, 0.2) is 0 Å². The molecule has 3 heteroatoms. The second-order valence-electron chi connectivity index (χ2n) is 8.94. The van der Waals surface area contributed by atoms with Crippen molar-refractivity contribution in [2.24, 2.45) is 23.2 Å². The van der Waals surface area contributed by atoms with Crippen LogP contribution in [0.2, 0.25) is 0 Å². The molecule has 2 aliphatic carbocycles. The van der Waals surface area contributed by atoms with Gasteiger partial charge in [-0.25, -0.2) is 0 Å². The SMILES string of the molecule is CCC(C)(C)C(=O)OCc1ccc(C(C)(O)C2CC3CCC2C3)cc1. The van der Waals surface area contributed by atoms with Gasteiger partial charge >= 0.3 is 5.97 Å². The first-order valence-electron chi connectivity index (χ1n) is 9.73. The van der Waals surface area contributed by atoms with Gasteiger partial charge in [-0.15, -0.1) is 0 Å². The molecule has 2 aliphatic rings. The van der Waals surface area contributed by atoms with Crippen molar-refractivity contribution in [3.63, 3.8) is 0 Å². The highest BCUT2D eigenvalue weighted by atomic mass is 16.5. The van der Waals surface area contributed by atoms with Crippen LogP contribution >= 0.6 is 0 Å². The number of hydrogen-bond acceptors (Lipinski definition) is 3. The molecule has 1 N–H and O–H groups in total. The van der Waals surface area contributed by atoms with Gasteiger partial charge in [-0.1, -0.05) is 37.6 Å². The summed E-state index contributed by atoms with van der Waals surface area (Å²) in [6.07, 6.45) is 5.82. The van der Waals surface area contributed by atoms with Crippen LogP contribution in [0, 0.1) is 23.2 Å². The van der Waals surface area contributed by atoms with E-state index in [-0.39, 0.29) is 5.97 Å². The van der Waals surface area contributed by atoms with E-state index in [2.05, 4.69) is 0 Å². The lowest BCUT2D eigenvalue weighted by atomic mass is 9.74. The predicted octanol–water partition coefficient (Wildman–Crippen LogP) is 4.81. The van der Waals surface area contributed by atoms with E-state index in [0.717, 1.165) is 29.9 Å². The molecular weight excluding hydrogens is 312 g/mol. The molecule has 1 aromatic carbocycles. The molecule has 4 unspecified atom stereocenters. The normalized spacial score (nSPS) is 28.0. The quantitative estimate of drug-likeness (QED) is 0.753. The summed E-state index contributed by atoms with van der Waals surface area (Å²) in [5, 5.41) is 11.2. The van der Waals surface area contributed by atoms with Crippen molar-refractivity contribution in [1.82, 2.24) is 0 Å². The van der Waals surface area contributed by atoms with Gasteiger partial charge in [-0.3, -0.25) is 4.79 Å².